The average molecular weight is 193 g/mol. The Hall–Kier alpha value is -1.02. The highest BCUT2D eigenvalue weighted by Gasteiger charge is 2.06. The van der Waals surface area contributed by atoms with Gasteiger partial charge >= 0.3 is 0 Å². The number of aromatic hydroxyl groups is 1. The van der Waals surface area contributed by atoms with Crippen molar-refractivity contribution in [2.24, 2.45) is 11.7 Å². The van der Waals surface area contributed by atoms with Crippen LogP contribution in [0.4, 0.5) is 0 Å². The molecular formula is C12H19NO. The first-order valence-electron chi connectivity index (χ1n) is 5.24. The minimum atomic E-state index is 0.342. The maximum atomic E-state index is 9.30. The lowest BCUT2D eigenvalue weighted by Gasteiger charge is -2.13. The molecule has 0 aliphatic rings. The summed E-state index contributed by atoms with van der Waals surface area (Å²) in [5.74, 6) is 0.886. The van der Waals surface area contributed by atoms with Gasteiger partial charge in [-0.1, -0.05) is 25.5 Å². The number of nitrogens with two attached hydrogens (primary N) is 1. The molecule has 0 aliphatic carbocycles. The van der Waals surface area contributed by atoms with Crippen LogP contribution >= 0.6 is 0 Å². The molecule has 1 aromatic rings. The molecule has 0 bridgehead atoms. The summed E-state index contributed by atoms with van der Waals surface area (Å²) >= 11 is 0. The van der Waals surface area contributed by atoms with E-state index in [2.05, 4.69) is 6.92 Å². The molecule has 0 saturated heterocycles. The Labute approximate surface area is 85.8 Å². The zero-order valence-electron chi connectivity index (χ0n) is 8.74. The Balaban J connectivity index is 2.57. The normalized spacial score (nSPS) is 12.7. The van der Waals surface area contributed by atoms with Crippen molar-refractivity contribution in [1.82, 2.24) is 0 Å². The molecule has 0 aromatic heterocycles. The second-order valence-electron chi connectivity index (χ2n) is 3.76. The van der Waals surface area contributed by atoms with E-state index in [-0.39, 0.29) is 0 Å². The molecule has 2 heteroatoms. The third kappa shape index (κ3) is 3.38. The van der Waals surface area contributed by atoms with Crippen LogP contribution in [0.15, 0.2) is 24.3 Å². The zero-order valence-corrected chi connectivity index (χ0v) is 8.74. The summed E-state index contributed by atoms with van der Waals surface area (Å²) in [6, 6.07) is 7.43. The highest BCUT2D eigenvalue weighted by molar-refractivity contribution is 5.27. The predicted molar refractivity (Wildman–Crippen MR) is 59.3 cm³/mol. The second-order valence-corrected chi connectivity index (χ2v) is 3.76. The zero-order chi connectivity index (χ0) is 10.4. The minimum Gasteiger partial charge on any atom is -0.508 e. The number of phenols is 1. The number of rotatable bonds is 5. The first-order valence-corrected chi connectivity index (χ1v) is 5.24. The molecule has 0 aliphatic heterocycles. The standard InChI is InChI=1S/C12H19NO/c1-2-4-11(9-13)7-10-5-3-6-12(14)8-10/h3,5-6,8,11,14H,2,4,7,9,13H2,1H3. The van der Waals surface area contributed by atoms with Gasteiger partial charge in [0.15, 0.2) is 0 Å². The lowest BCUT2D eigenvalue weighted by atomic mass is 9.95. The van der Waals surface area contributed by atoms with Gasteiger partial charge < -0.3 is 10.8 Å². The summed E-state index contributed by atoms with van der Waals surface area (Å²) in [5, 5.41) is 9.30. The van der Waals surface area contributed by atoms with Crippen LogP contribution < -0.4 is 5.73 Å². The summed E-state index contributed by atoms with van der Waals surface area (Å²) in [6.07, 6.45) is 3.30. The van der Waals surface area contributed by atoms with Gasteiger partial charge in [0.25, 0.3) is 0 Å². The number of hydrogen-bond donors (Lipinski definition) is 2. The molecule has 1 unspecified atom stereocenters. The maximum Gasteiger partial charge on any atom is 0.115 e. The van der Waals surface area contributed by atoms with Crippen LogP contribution in [0, 0.1) is 5.92 Å². The minimum absolute atomic E-state index is 0.342. The van der Waals surface area contributed by atoms with E-state index in [1.807, 2.05) is 18.2 Å². The summed E-state index contributed by atoms with van der Waals surface area (Å²) < 4.78 is 0. The fourth-order valence-corrected chi connectivity index (χ4v) is 1.73. The quantitative estimate of drug-likeness (QED) is 0.753. The Morgan fingerprint density at radius 2 is 2.21 bits per heavy atom. The Kier molecular flexibility index (Phi) is 4.47. The van der Waals surface area contributed by atoms with Gasteiger partial charge in [0.1, 0.15) is 5.75 Å². The Morgan fingerprint density at radius 1 is 1.43 bits per heavy atom. The van der Waals surface area contributed by atoms with Crippen molar-refractivity contribution in [2.75, 3.05) is 6.54 Å². The fourth-order valence-electron chi connectivity index (χ4n) is 1.73. The number of phenolic OH excluding ortho intramolecular Hbond substituents is 1. The number of benzene rings is 1. The molecule has 3 N–H and O–H groups in total. The van der Waals surface area contributed by atoms with E-state index in [0.29, 0.717) is 11.7 Å². The molecule has 78 valence electrons. The van der Waals surface area contributed by atoms with Crippen LogP contribution in [0.3, 0.4) is 0 Å². The topological polar surface area (TPSA) is 46.2 Å². The summed E-state index contributed by atoms with van der Waals surface area (Å²) in [7, 11) is 0. The Morgan fingerprint density at radius 3 is 2.79 bits per heavy atom. The smallest absolute Gasteiger partial charge is 0.115 e. The molecule has 1 aromatic carbocycles. The molecule has 0 fully saturated rings. The summed E-state index contributed by atoms with van der Waals surface area (Å²) in [4.78, 5) is 0. The van der Waals surface area contributed by atoms with Crippen molar-refractivity contribution < 1.29 is 5.11 Å². The van der Waals surface area contributed by atoms with Crippen LogP contribution in [-0.4, -0.2) is 11.7 Å². The van der Waals surface area contributed by atoms with Crippen molar-refractivity contribution in [3.63, 3.8) is 0 Å². The van der Waals surface area contributed by atoms with Crippen molar-refractivity contribution in [3.05, 3.63) is 29.8 Å². The van der Waals surface area contributed by atoms with E-state index in [0.717, 1.165) is 19.4 Å². The SMILES string of the molecule is CCCC(CN)Cc1cccc(O)c1. The molecule has 0 spiro atoms. The lowest BCUT2D eigenvalue weighted by molar-refractivity contribution is 0.468. The van der Waals surface area contributed by atoms with Gasteiger partial charge in [-0.25, -0.2) is 0 Å². The van der Waals surface area contributed by atoms with Gasteiger partial charge in [0, 0.05) is 0 Å². The number of hydrogen-bond acceptors (Lipinski definition) is 2. The molecule has 0 saturated carbocycles. The molecule has 14 heavy (non-hydrogen) atoms. The molecule has 0 radical (unpaired) electrons. The third-order valence-corrected chi connectivity index (χ3v) is 2.47. The highest BCUT2D eigenvalue weighted by Crippen LogP contribution is 2.16. The van der Waals surface area contributed by atoms with Crippen molar-refractivity contribution in [3.8, 4) is 5.75 Å². The first kappa shape index (κ1) is 11.1. The molecule has 1 rings (SSSR count). The molecule has 2 nitrogen and oxygen atoms in total. The van der Waals surface area contributed by atoms with E-state index < -0.39 is 0 Å². The van der Waals surface area contributed by atoms with Gasteiger partial charge in [-0.2, -0.15) is 0 Å². The molecule has 1 atom stereocenters. The molecule has 0 heterocycles. The fraction of sp³-hybridized carbons (Fsp3) is 0.500. The van der Waals surface area contributed by atoms with Crippen LogP contribution in [-0.2, 0) is 6.42 Å². The van der Waals surface area contributed by atoms with Gasteiger partial charge in [-0.15, -0.1) is 0 Å². The van der Waals surface area contributed by atoms with Gasteiger partial charge in [-0.3, -0.25) is 0 Å². The van der Waals surface area contributed by atoms with Crippen LogP contribution in [0.25, 0.3) is 0 Å². The van der Waals surface area contributed by atoms with E-state index in [9.17, 15) is 5.11 Å². The van der Waals surface area contributed by atoms with Crippen molar-refractivity contribution in [2.45, 2.75) is 26.2 Å². The van der Waals surface area contributed by atoms with E-state index in [4.69, 9.17) is 5.73 Å². The van der Waals surface area contributed by atoms with Gasteiger partial charge in [0.05, 0.1) is 0 Å². The maximum absolute atomic E-state index is 9.30. The second kappa shape index (κ2) is 5.66. The first-order chi connectivity index (χ1) is 6.76. The highest BCUT2D eigenvalue weighted by atomic mass is 16.3. The predicted octanol–water partition coefficient (Wildman–Crippen LogP) is 2.31. The van der Waals surface area contributed by atoms with Crippen LogP contribution in [0.5, 0.6) is 5.75 Å². The molecular weight excluding hydrogens is 174 g/mol. The Bertz CT molecular complexity index is 273. The largest absolute Gasteiger partial charge is 0.508 e. The lowest BCUT2D eigenvalue weighted by Crippen LogP contribution is -2.16. The van der Waals surface area contributed by atoms with E-state index >= 15 is 0 Å². The van der Waals surface area contributed by atoms with E-state index in [1.54, 1.807) is 6.07 Å². The monoisotopic (exact) mass is 193 g/mol. The van der Waals surface area contributed by atoms with E-state index in [1.165, 1.54) is 12.0 Å². The summed E-state index contributed by atoms with van der Waals surface area (Å²) in [5.41, 5.74) is 6.86. The average Bonchev–Trinajstić information content (AvgIpc) is 2.17. The van der Waals surface area contributed by atoms with Crippen LogP contribution in [0.2, 0.25) is 0 Å². The molecule has 0 amide bonds. The van der Waals surface area contributed by atoms with Crippen molar-refractivity contribution in [1.29, 1.82) is 0 Å². The van der Waals surface area contributed by atoms with Gasteiger partial charge in [0.2, 0.25) is 0 Å². The van der Waals surface area contributed by atoms with Gasteiger partial charge in [-0.05, 0) is 43.0 Å². The van der Waals surface area contributed by atoms with Crippen molar-refractivity contribution >= 4 is 0 Å². The van der Waals surface area contributed by atoms with Crippen LogP contribution in [0.1, 0.15) is 25.3 Å². The summed E-state index contributed by atoms with van der Waals surface area (Å²) in [6.45, 7) is 2.90. The third-order valence-electron chi connectivity index (χ3n) is 2.47.